The second-order valence-electron chi connectivity index (χ2n) is 4.28. The summed E-state index contributed by atoms with van der Waals surface area (Å²) in [6.45, 7) is 4.34. The lowest BCUT2D eigenvalue weighted by molar-refractivity contribution is 0.145. The molecule has 0 saturated heterocycles. The Kier molecular flexibility index (Phi) is 4.90. The topological polar surface area (TPSA) is 29.5 Å². The van der Waals surface area contributed by atoms with Gasteiger partial charge in [-0.25, -0.2) is 4.79 Å². The Morgan fingerprint density at radius 3 is 2.52 bits per heavy atom. The molecule has 0 aliphatic heterocycles. The summed E-state index contributed by atoms with van der Waals surface area (Å²) in [5, 5.41) is 2.23. The van der Waals surface area contributed by atoms with Crippen LogP contribution in [0.4, 0.5) is 13.6 Å². The molecule has 2 rings (SSSR count). The van der Waals surface area contributed by atoms with E-state index in [0.29, 0.717) is 18.5 Å². The fourth-order valence-electron chi connectivity index (χ4n) is 1.98. The zero-order valence-electron chi connectivity index (χ0n) is 11.7. The molecule has 0 atom stereocenters. The van der Waals surface area contributed by atoms with Gasteiger partial charge in [-0.3, -0.25) is 0 Å². The number of fused-ring (bicyclic) bond motifs is 1. The lowest BCUT2D eigenvalue weighted by Crippen LogP contribution is -2.30. The molecule has 0 spiro atoms. The van der Waals surface area contributed by atoms with Crippen molar-refractivity contribution in [3.05, 3.63) is 41.3 Å². The van der Waals surface area contributed by atoms with Crippen molar-refractivity contribution in [3.63, 3.8) is 0 Å². The van der Waals surface area contributed by atoms with Crippen LogP contribution in [0.2, 0.25) is 0 Å². The molecular formula is C15H15F2NO2S. The molecule has 6 heteroatoms. The van der Waals surface area contributed by atoms with Crippen LogP contribution in [-0.2, 0) is 4.74 Å². The number of ether oxygens (including phenoxy) is 1. The molecular weight excluding hydrogens is 296 g/mol. The second-order valence-corrected chi connectivity index (χ2v) is 5.19. The molecule has 112 valence electrons. The first kappa shape index (κ1) is 15.4. The van der Waals surface area contributed by atoms with Crippen LogP contribution < -0.4 is 0 Å². The van der Waals surface area contributed by atoms with Gasteiger partial charge in [-0.05, 0) is 19.9 Å². The maximum absolute atomic E-state index is 13.2. The van der Waals surface area contributed by atoms with E-state index in [0.717, 1.165) is 4.70 Å². The van der Waals surface area contributed by atoms with E-state index >= 15 is 0 Å². The number of halogens is 2. The van der Waals surface area contributed by atoms with Crippen LogP contribution in [0.3, 0.4) is 0 Å². The predicted octanol–water partition coefficient (Wildman–Crippen LogP) is 4.94. The highest BCUT2D eigenvalue weighted by atomic mass is 32.1. The van der Waals surface area contributed by atoms with E-state index in [1.807, 2.05) is 12.1 Å². The van der Waals surface area contributed by atoms with E-state index in [2.05, 4.69) is 0 Å². The van der Waals surface area contributed by atoms with E-state index in [1.54, 1.807) is 31.4 Å². The maximum Gasteiger partial charge on any atom is 0.415 e. The summed E-state index contributed by atoms with van der Waals surface area (Å²) in [5.41, 5.74) is 0.246. The number of amides is 1. The summed E-state index contributed by atoms with van der Waals surface area (Å²) in [7, 11) is 0. The fraction of sp³-hybridized carbons (Fsp3) is 0.267. The third kappa shape index (κ3) is 3.21. The fourth-order valence-corrected chi connectivity index (χ4v) is 2.92. The lowest BCUT2D eigenvalue weighted by atomic mass is 10.1. The SMILES string of the molecule is CCN(CC)C(=O)OC(=C(F)F)c1csc2ccccc12. The van der Waals surface area contributed by atoms with Crippen molar-refractivity contribution >= 4 is 33.3 Å². The van der Waals surface area contributed by atoms with Crippen molar-refractivity contribution in [3.8, 4) is 0 Å². The smallest absolute Gasteiger partial charge is 0.404 e. The molecule has 3 nitrogen and oxygen atoms in total. The van der Waals surface area contributed by atoms with Crippen molar-refractivity contribution in [1.29, 1.82) is 0 Å². The van der Waals surface area contributed by atoms with Crippen molar-refractivity contribution in [2.24, 2.45) is 0 Å². The Balaban J connectivity index is 2.37. The van der Waals surface area contributed by atoms with E-state index < -0.39 is 17.9 Å². The van der Waals surface area contributed by atoms with Crippen molar-refractivity contribution in [2.75, 3.05) is 13.1 Å². The van der Waals surface area contributed by atoms with Gasteiger partial charge < -0.3 is 9.64 Å². The molecule has 1 aromatic heterocycles. The Labute approximate surface area is 125 Å². The predicted molar refractivity (Wildman–Crippen MR) is 80.4 cm³/mol. The van der Waals surface area contributed by atoms with Crippen molar-refractivity contribution in [2.45, 2.75) is 13.8 Å². The van der Waals surface area contributed by atoms with Crippen LogP contribution in [0.15, 0.2) is 35.7 Å². The standard InChI is InChI=1S/C15H15F2NO2S/c1-3-18(4-2)15(19)20-13(14(16)17)11-9-21-12-8-6-5-7-10(11)12/h5-9H,3-4H2,1-2H3. The molecule has 0 radical (unpaired) electrons. The van der Waals surface area contributed by atoms with Crippen LogP contribution in [0.25, 0.3) is 15.8 Å². The molecule has 0 fully saturated rings. The van der Waals surface area contributed by atoms with E-state index in [-0.39, 0.29) is 5.56 Å². The molecule has 0 bridgehead atoms. The average molecular weight is 311 g/mol. The average Bonchev–Trinajstić information content (AvgIpc) is 2.89. The highest BCUT2D eigenvalue weighted by Gasteiger charge is 2.21. The highest BCUT2D eigenvalue weighted by molar-refractivity contribution is 7.17. The third-order valence-corrected chi connectivity index (χ3v) is 4.07. The number of rotatable bonds is 4. The quantitative estimate of drug-likeness (QED) is 0.748. The number of hydrogen-bond donors (Lipinski definition) is 0. The van der Waals surface area contributed by atoms with Gasteiger partial charge in [0.25, 0.3) is 0 Å². The van der Waals surface area contributed by atoms with Crippen molar-refractivity contribution in [1.82, 2.24) is 4.90 Å². The number of thiophene rings is 1. The van der Waals surface area contributed by atoms with Crippen molar-refractivity contribution < 1.29 is 18.3 Å². The van der Waals surface area contributed by atoms with E-state index in [4.69, 9.17) is 4.74 Å². The van der Waals surface area contributed by atoms with Crippen LogP contribution in [-0.4, -0.2) is 24.1 Å². The summed E-state index contributed by atoms with van der Waals surface area (Å²) in [4.78, 5) is 13.2. The number of nitrogens with zero attached hydrogens (tertiary/aromatic N) is 1. The molecule has 0 saturated carbocycles. The molecule has 0 N–H and O–H groups in total. The first-order valence-electron chi connectivity index (χ1n) is 6.57. The molecule has 1 amide bonds. The summed E-state index contributed by atoms with van der Waals surface area (Å²) < 4.78 is 32.2. The van der Waals surface area contributed by atoms with Gasteiger partial charge in [-0.1, -0.05) is 18.2 Å². The zero-order chi connectivity index (χ0) is 15.4. The minimum absolute atomic E-state index is 0.246. The molecule has 0 aliphatic rings. The number of benzene rings is 1. The van der Waals surface area contributed by atoms with Gasteiger partial charge in [-0.2, -0.15) is 8.78 Å². The molecule has 21 heavy (non-hydrogen) atoms. The molecule has 1 aromatic carbocycles. The second kappa shape index (κ2) is 6.67. The van der Waals surface area contributed by atoms with E-state index in [1.165, 1.54) is 16.2 Å². The lowest BCUT2D eigenvalue weighted by Gasteiger charge is -2.18. The van der Waals surface area contributed by atoms with Gasteiger partial charge in [-0.15, -0.1) is 11.3 Å². The minimum atomic E-state index is -2.00. The number of carbonyl (C=O) groups is 1. The molecule has 1 heterocycles. The normalized spacial score (nSPS) is 10.5. The van der Waals surface area contributed by atoms with Crippen LogP contribution in [0, 0.1) is 0 Å². The summed E-state index contributed by atoms with van der Waals surface area (Å²) in [6, 6.07) is 7.16. The molecule has 0 unspecified atom stereocenters. The zero-order valence-corrected chi connectivity index (χ0v) is 12.5. The Bertz CT molecular complexity index is 673. The molecule has 2 aromatic rings. The van der Waals surface area contributed by atoms with Crippen LogP contribution in [0.5, 0.6) is 0 Å². The van der Waals surface area contributed by atoms with Crippen LogP contribution in [0.1, 0.15) is 19.4 Å². The first-order chi connectivity index (χ1) is 10.1. The molecule has 0 aliphatic carbocycles. The largest absolute Gasteiger partial charge is 0.415 e. The van der Waals surface area contributed by atoms with E-state index in [9.17, 15) is 13.6 Å². The Morgan fingerprint density at radius 2 is 1.90 bits per heavy atom. The number of hydrogen-bond acceptors (Lipinski definition) is 3. The minimum Gasteiger partial charge on any atom is -0.404 e. The van der Waals surface area contributed by atoms with Gasteiger partial charge >= 0.3 is 12.2 Å². The van der Waals surface area contributed by atoms with Gasteiger partial charge in [0, 0.05) is 34.1 Å². The van der Waals surface area contributed by atoms with Gasteiger partial charge in [0.15, 0.2) is 0 Å². The summed E-state index contributed by atoms with van der Waals surface area (Å²) in [5.74, 6) is -0.663. The third-order valence-electron chi connectivity index (χ3n) is 3.11. The van der Waals surface area contributed by atoms with Gasteiger partial charge in [0.2, 0.25) is 5.76 Å². The Morgan fingerprint density at radius 1 is 1.24 bits per heavy atom. The highest BCUT2D eigenvalue weighted by Crippen LogP contribution is 2.34. The Hall–Kier alpha value is -1.95. The first-order valence-corrected chi connectivity index (χ1v) is 7.45. The van der Waals surface area contributed by atoms with Gasteiger partial charge in [0.05, 0.1) is 0 Å². The van der Waals surface area contributed by atoms with Gasteiger partial charge in [0.1, 0.15) is 0 Å². The summed E-state index contributed by atoms with van der Waals surface area (Å²) >= 11 is 1.33. The van der Waals surface area contributed by atoms with Crippen LogP contribution >= 0.6 is 11.3 Å². The maximum atomic E-state index is 13.2. The summed E-state index contributed by atoms with van der Waals surface area (Å²) in [6.07, 6.45) is -2.77. The monoisotopic (exact) mass is 311 g/mol. The number of carbonyl (C=O) groups excluding carboxylic acids is 1.